The molecule has 1 aliphatic rings. The van der Waals surface area contributed by atoms with Crippen molar-refractivity contribution in [2.45, 2.75) is 46.5 Å². The number of urea groups is 1. The van der Waals surface area contributed by atoms with E-state index in [0.717, 1.165) is 36.1 Å². The van der Waals surface area contributed by atoms with Crippen molar-refractivity contribution >= 4 is 34.1 Å². The number of Topliss-reactive ketones (excluding diaryl/α,β-unsaturated/α-hetero) is 1. The highest BCUT2D eigenvalue weighted by atomic mass is 16.2. The smallest absolute Gasteiger partial charge is 0.323 e. The van der Waals surface area contributed by atoms with Gasteiger partial charge in [0.25, 0.3) is 0 Å². The Labute approximate surface area is 201 Å². The summed E-state index contributed by atoms with van der Waals surface area (Å²) in [6.45, 7) is 10.7. The fourth-order valence-electron chi connectivity index (χ4n) is 4.47. The van der Waals surface area contributed by atoms with Crippen LogP contribution in [0.2, 0.25) is 0 Å². The minimum Gasteiger partial charge on any atom is -0.377 e. The first-order valence-corrected chi connectivity index (χ1v) is 12.0. The van der Waals surface area contributed by atoms with Gasteiger partial charge in [-0.25, -0.2) is 4.79 Å². The lowest BCUT2D eigenvalue weighted by Gasteiger charge is -2.33. The highest BCUT2D eigenvalue weighted by molar-refractivity contribution is 6.02. The van der Waals surface area contributed by atoms with E-state index in [9.17, 15) is 9.59 Å². The van der Waals surface area contributed by atoms with Crippen molar-refractivity contribution < 1.29 is 9.59 Å². The van der Waals surface area contributed by atoms with Crippen molar-refractivity contribution in [1.29, 1.82) is 0 Å². The minimum atomic E-state index is -0.318. The molecule has 0 fully saturated rings. The number of carbonyl (C=O) groups excluding carboxylic acids is 2. The van der Waals surface area contributed by atoms with Gasteiger partial charge < -0.3 is 20.5 Å². The number of carbonyl (C=O) groups is 2. The Kier molecular flexibility index (Phi) is 6.77. The average Bonchev–Trinajstić information content (AvgIpc) is 3.22. The first kappa shape index (κ1) is 23.6. The Morgan fingerprint density at radius 2 is 1.76 bits per heavy atom. The number of nitrogens with zero attached hydrogens (tertiary/aromatic N) is 1. The third-order valence-electron chi connectivity index (χ3n) is 6.09. The molecule has 2 heterocycles. The number of benzene rings is 2. The molecule has 6 nitrogen and oxygen atoms in total. The third-order valence-corrected chi connectivity index (χ3v) is 6.09. The van der Waals surface area contributed by atoms with Crippen LogP contribution in [0.25, 0.3) is 10.9 Å². The van der Waals surface area contributed by atoms with Crippen molar-refractivity contribution in [3.8, 4) is 0 Å². The molecule has 1 aromatic heterocycles. The van der Waals surface area contributed by atoms with Gasteiger partial charge in [0.15, 0.2) is 5.78 Å². The second kappa shape index (κ2) is 9.75. The quantitative estimate of drug-likeness (QED) is 0.357. The van der Waals surface area contributed by atoms with Gasteiger partial charge in [0.1, 0.15) is 0 Å². The molecule has 4 rings (SSSR count). The standard InChI is InChI=1S/C28H34N4O2/c1-5-26(33)20-6-8-21(9-7-20)30-27(34)31-22-10-11-25-23(16-22)24(17-29-25)19-12-14-32(15-13-19)18-28(2,3)4/h6-12,14,16-17,19,29H,5,13,15,18H2,1-4H3,(H2,30,31,34). The molecular weight excluding hydrogens is 424 g/mol. The van der Waals surface area contributed by atoms with Crippen LogP contribution in [-0.4, -0.2) is 34.8 Å². The maximum Gasteiger partial charge on any atom is 0.323 e. The van der Waals surface area contributed by atoms with Gasteiger partial charge >= 0.3 is 6.03 Å². The lowest BCUT2D eigenvalue weighted by atomic mass is 9.91. The summed E-state index contributed by atoms with van der Waals surface area (Å²) in [5.74, 6) is 0.430. The van der Waals surface area contributed by atoms with Gasteiger partial charge in [-0.3, -0.25) is 4.79 Å². The van der Waals surface area contributed by atoms with Gasteiger partial charge in [0, 0.05) is 59.5 Å². The predicted molar refractivity (Wildman–Crippen MR) is 140 cm³/mol. The average molecular weight is 459 g/mol. The maximum absolute atomic E-state index is 12.6. The number of amides is 2. The lowest BCUT2D eigenvalue weighted by Crippen LogP contribution is -2.32. The molecule has 1 unspecified atom stereocenters. The molecule has 2 aromatic carbocycles. The van der Waals surface area contributed by atoms with Crippen molar-refractivity contribution in [3.05, 3.63) is 72.1 Å². The zero-order chi connectivity index (χ0) is 24.3. The van der Waals surface area contributed by atoms with Crippen LogP contribution in [0.15, 0.2) is 60.9 Å². The Bertz CT molecular complexity index is 1200. The van der Waals surface area contributed by atoms with E-state index in [4.69, 9.17) is 0 Å². The maximum atomic E-state index is 12.6. The van der Waals surface area contributed by atoms with E-state index in [1.54, 1.807) is 24.3 Å². The largest absolute Gasteiger partial charge is 0.377 e. The fourth-order valence-corrected chi connectivity index (χ4v) is 4.47. The number of allylic oxidation sites excluding steroid dienone is 1. The van der Waals surface area contributed by atoms with Crippen molar-refractivity contribution in [2.75, 3.05) is 23.7 Å². The molecular formula is C28H34N4O2. The Balaban J connectivity index is 1.44. The molecule has 0 bridgehead atoms. The molecule has 3 N–H and O–H groups in total. The fraction of sp³-hybridized carbons (Fsp3) is 0.357. The van der Waals surface area contributed by atoms with Gasteiger partial charge in [-0.15, -0.1) is 0 Å². The van der Waals surface area contributed by atoms with Gasteiger partial charge in [-0.1, -0.05) is 33.8 Å². The van der Waals surface area contributed by atoms with E-state index in [-0.39, 0.29) is 17.2 Å². The van der Waals surface area contributed by atoms with Crippen LogP contribution >= 0.6 is 0 Å². The van der Waals surface area contributed by atoms with E-state index in [0.29, 0.717) is 23.6 Å². The summed E-state index contributed by atoms with van der Waals surface area (Å²) in [4.78, 5) is 30.1. The first-order valence-electron chi connectivity index (χ1n) is 12.0. The van der Waals surface area contributed by atoms with E-state index in [1.165, 1.54) is 5.56 Å². The predicted octanol–water partition coefficient (Wildman–Crippen LogP) is 6.75. The lowest BCUT2D eigenvalue weighted by molar-refractivity contribution is 0.0988. The molecule has 34 heavy (non-hydrogen) atoms. The highest BCUT2D eigenvalue weighted by Gasteiger charge is 2.21. The third kappa shape index (κ3) is 5.68. The second-order valence-electron chi connectivity index (χ2n) is 10.2. The van der Waals surface area contributed by atoms with Gasteiger partial charge in [-0.05, 0) is 66.1 Å². The number of anilines is 2. The molecule has 178 valence electrons. The van der Waals surface area contributed by atoms with Crippen molar-refractivity contribution in [2.24, 2.45) is 5.41 Å². The zero-order valence-corrected chi connectivity index (χ0v) is 20.4. The van der Waals surface area contributed by atoms with Crippen LogP contribution in [0, 0.1) is 5.41 Å². The van der Waals surface area contributed by atoms with E-state index in [2.05, 4.69) is 59.8 Å². The zero-order valence-electron chi connectivity index (χ0n) is 20.4. The molecule has 3 aromatic rings. The Hall–Kier alpha value is -3.54. The normalized spacial score (nSPS) is 16.0. The van der Waals surface area contributed by atoms with Gasteiger partial charge in [0.05, 0.1) is 0 Å². The molecule has 2 amide bonds. The second-order valence-corrected chi connectivity index (χ2v) is 10.2. The number of fused-ring (bicyclic) bond motifs is 1. The van der Waals surface area contributed by atoms with E-state index in [1.807, 2.05) is 25.1 Å². The van der Waals surface area contributed by atoms with Crippen LogP contribution in [0.4, 0.5) is 16.2 Å². The topological polar surface area (TPSA) is 77.2 Å². The Morgan fingerprint density at radius 1 is 1.06 bits per heavy atom. The number of ketones is 1. The molecule has 0 saturated carbocycles. The SMILES string of the molecule is CCC(=O)c1ccc(NC(=O)Nc2ccc3[nH]cc(C4C=CN(CC(C)(C)C)CC4)c3c2)cc1. The van der Waals surface area contributed by atoms with Gasteiger partial charge in [0.2, 0.25) is 0 Å². The van der Waals surface area contributed by atoms with Gasteiger partial charge in [-0.2, -0.15) is 0 Å². The summed E-state index contributed by atoms with van der Waals surface area (Å²) in [5.41, 5.74) is 4.61. The number of rotatable bonds is 6. The minimum absolute atomic E-state index is 0.0846. The molecule has 6 heteroatoms. The molecule has 0 radical (unpaired) electrons. The highest BCUT2D eigenvalue weighted by Crippen LogP contribution is 2.33. The summed E-state index contributed by atoms with van der Waals surface area (Å²) in [7, 11) is 0. The number of hydrogen-bond donors (Lipinski definition) is 3. The van der Waals surface area contributed by atoms with Crippen molar-refractivity contribution in [3.63, 3.8) is 0 Å². The number of nitrogens with one attached hydrogen (secondary N) is 3. The van der Waals surface area contributed by atoms with Crippen molar-refractivity contribution in [1.82, 2.24) is 9.88 Å². The number of aromatic amines is 1. The number of H-pyrrole nitrogens is 1. The van der Waals surface area contributed by atoms with Crippen LogP contribution in [-0.2, 0) is 0 Å². The van der Waals surface area contributed by atoms with Crippen LogP contribution in [0.1, 0.15) is 62.4 Å². The molecule has 1 aliphatic heterocycles. The number of aromatic nitrogens is 1. The van der Waals surface area contributed by atoms with E-state index >= 15 is 0 Å². The molecule has 0 spiro atoms. The number of hydrogen-bond acceptors (Lipinski definition) is 3. The molecule has 1 atom stereocenters. The molecule has 0 aliphatic carbocycles. The summed E-state index contributed by atoms with van der Waals surface area (Å²) in [6.07, 6.45) is 8.13. The Morgan fingerprint density at radius 3 is 2.41 bits per heavy atom. The van der Waals surface area contributed by atoms with Crippen LogP contribution < -0.4 is 10.6 Å². The summed E-state index contributed by atoms with van der Waals surface area (Å²) in [5, 5.41) is 6.88. The van der Waals surface area contributed by atoms with Crippen LogP contribution in [0.5, 0.6) is 0 Å². The molecule has 0 saturated heterocycles. The summed E-state index contributed by atoms with van der Waals surface area (Å²) >= 11 is 0. The van der Waals surface area contributed by atoms with E-state index < -0.39 is 0 Å². The monoisotopic (exact) mass is 458 g/mol. The first-order chi connectivity index (χ1) is 16.2. The van der Waals surface area contributed by atoms with Crippen LogP contribution in [0.3, 0.4) is 0 Å². The summed E-state index contributed by atoms with van der Waals surface area (Å²) < 4.78 is 0. The summed E-state index contributed by atoms with van der Waals surface area (Å²) in [6, 6.07) is 12.6.